The molecule has 2 atom stereocenters. The van der Waals surface area contributed by atoms with Crippen LogP contribution in [0.5, 0.6) is 0 Å². The molecule has 0 radical (unpaired) electrons. The molecule has 24 heavy (non-hydrogen) atoms. The summed E-state index contributed by atoms with van der Waals surface area (Å²) in [7, 11) is 0. The van der Waals surface area contributed by atoms with Crippen molar-refractivity contribution in [2.24, 2.45) is 0 Å². The van der Waals surface area contributed by atoms with Gasteiger partial charge >= 0.3 is 0 Å². The van der Waals surface area contributed by atoms with Gasteiger partial charge < -0.3 is 9.64 Å². The van der Waals surface area contributed by atoms with Gasteiger partial charge in [-0.05, 0) is 31.5 Å². The molecule has 132 valence electrons. The van der Waals surface area contributed by atoms with Crippen LogP contribution in [0.1, 0.15) is 19.4 Å². The van der Waals surface area contributed by atoms with Crippen LogP contribution in [0, 0.1) is 0 Å². The summed E-state index contributed by atoms with van der Waals surface area (Å²) >= 11 is 0. The summed E-state index contributed by atoms with van der Waals surface area (Å²) in [5.41, 5.74) is 1.30. The van der Waals surface area contributed by atoms with Crippen molar-refractivity contribution >= 4 is 5.91 Å². The number of piperazine rings is 1. The van der Waals surface area contributed by atoms with E-state index in [9.17, 15) is 4.79 Å². The fourth-order valence-electron chi connectivity index (χ4n) is 3.52. The normalized spacial score (nSPS) is 26.5. The largest absolute Gasteiger partial charge is 0.372 e. The molecule has 2 aliphatic heterocycles. The molecule has 1 aromatic rings. The van der Waals surface area contributed by atoms with E-state index in [2.05, 4.69) is 26.9 Å². The first-order valence-corrected chi connectivity index (χ1v) is 8.87. The minimum atomic E-state index is 0.134. The number of morpholine rings is 1. The lowest BCUT2D eigenvalue weighted by molar-refractivity contribution is -0.144. The summed E-state index contributed by atoms with van der Waals surface area (Å²) in [4.78, 5) is 23.3. The topological polar surface area (TPSA) is 48.9 Å². The molecule has 1 aromatic heterocycles. The van der Waals surface area contributed by atoms with Crippen molar-refractivity contribution in [3.8, 4) is 0 Å². The van der Waals surface area contributed by atoms with Gasteiger partial charge in [0.1, 0.15) is 0 Å². The molecule has 2 fully saturated rings. The molecule has 0 aliphatic carbocycles. The number of hydrogen-bond acceptors (Lipinski definition) is 5. The van der Waals surface area contributed by atoms with Crippen LogP contribution in [0.4, 0.5) is 0 Å². The Labute approximate surface area is 144 Å². The summed E-state index contributed by atoms with van der Waals surface area (Å²) in [6.07, 6.45) is 3.95. The standard InChI is InChI=1S/C18H28N4O2/c1-15-11-22(12-16(2)24-15)18(23)14-21-9-7-20(8-10-21)13-17-3-5-19-6-4-17/h3-6,15-16H,7-14H2,1-2H3/t15-,16-/m0/s1. The second kappa shape index (κ2) is 8.05. The first kappa shape index (κ1) is 17.3. The monoisotopic (exact) mass is 332 g/mol. The van der Waals surface area contributed by atoms with Gasteiger partial charge in [0.15, 0.2) is 0 Å². The third-order valence-corrected chi connectivity index (χ3v) is 4.75. The highest BCUT2D eigenvalue weighted by atomic mass is 16.5. The van der Waals surface area contributed by atoms with Gasteiger partial charge in [-0.3, -0.25) is 19.6 Å². The van der Waals surface area contributed by atoms with Crippen LogP contribution in [0.25, 0.3) is 0 Å². The van der Waals surface area contributed by atoms with E-state index in [0.29, 0.717) is 19.6 Å². The lowest BCUT2D eigenvalue weighted by atomic mass is 10.2. The first-order valence-electron chi connectivity index (χ1n) is 8.87. The molecule has 0 spiro atoms. The van der Waals surface area contributed by atoms with Gasteiger partial charge in [0.25, 0.3) is 0 Å². The van der Waals surface area contributed by atoms with E-state index < -0.39 is 0 Å². The fourth-order valence-corrected chi connectivity index (χ4v) is 3.52. The molecule has 0 N–H and O–H groups in total. The Morgan fingerprint density at radius 1 is 1.08 bits per heavy atom. The summed E-state index contributed by atoms with van der Waals surface area (Å²) < 4.78 is 5.71. The van der Waals surface area contributed by atoms with Crippen LogP contribution in [0.3, 0.4) is 0 Å². The van der Waals surface area contributed by atoms with E-state index >= 15 is 0 Å². The second-order valence-corrected chi connectivity index (χ2v) is 6.96. The second-order valence-electron chi connectivity index (χ2n) is 6.96. The van der Waals surface area contributed by atoms with Gasteiger partial charge in [0.2, 0.25) is 5.91 Å². The Hall–Kier alpha value is -1.50. The third kappa shape index (κ3) is 4.75. The zero-order chi connectivity index (χ0) is 16.9. The molecule has 2 aliphatic rings. The van der Waals surface area contributed by atoms with E-state index in [1.807, 2.05) is 31.1 Å². The van der Waals surface area contributed by atoms with Gasteiger partial charge in [-0.1, -0.05) is 0 Å². The van der Waals surface area contributed by atoms with Crippen molar-refractivity contribution in [1.29, 1.82) is 0 Å². The fraction of sp³-hybridized carbons (Fsp3) is 0.667. The third-order valence-electron chi connectivity index (χ3n) is 4.75. The molecule has 2 saturated heterocycles. The average Bonchev–Trinajstić information content (AvgIpc) is 2.57. The quantitative estimate of drug-likeness (QED) is 0.818. The van der Waals surface area contributed by atoms with Crippen molar-refractivity contribution in [2.45, 2.75) is 32.6 Å². The molecule has 6 nitrogen and oxygen atoms in total. The Bertz CT molecular complexity index is 521. The SMILES string of the molecule is C[C@H]1CN(C(=O)CN2CCN(Cc3ccncc3)CC2)C[C@H](C)O1. The minimum absolute atomic E-state index is 0.134. The number of nitrogens with zero attached hydrogens (tertiary/aromatic N) is 4. The summed E-state index contributed by atoms with van der Waals surface area (Å²) in [6, 6.07) is 4.13. The van der Waals surface area contributed by atoms with E-state index in [-0.39, 0.29) is 18.1 Å². The molecule has 0 unspecified atom stereocenters. The first-order chi connectivity index (χ1) is 11.6. The Morgan fingerprint density at radius 2 is 1.67 bits per heavy atom. The molecular formula is C18H28N4O2. The van der Waals surface area contributed by atoms with E-state index in [4.69, 9.17) is 4.74 Å². The summed E-state index contributed by atoms with van der Waals surface area (Å²) in [6.45, 7) is 10.9. The zero-order valence-corrected chi connectivity index (χ0v) is 14.7. The highest BCUT2D eigenvalue weighted by Crippen LogP contribution is 2.12. The number of carbonyl (C=O) groups is 1. The number of carbonyl (C=O) groups excluding carboxylic acids is 1. The maximum atomic E-state index is 12.5. The van der Waals surface area contributed by atoms with Gasteiger partial charge in [0, 0.05) is 58.2 Å². The van der Waals surface area contributed by atoms with Crippen molar-refractivity contribution in [3.05, 3.63) is 30.1 Å². The maximum Gasteiger partial charge on any atom is 0.236 e. The summed E-state index contributed by atoms with van der Waals surface area (Å²) in [5.74, 6) is 0.236. The van der Waals surface area contributed by atoms with E-state index in [1.54, 1.807) is 0 Å². The van der Waals surface area contributed by atoms with Crippen LogP contribution in [-0.4, -0.2) is 83.6 Å². The lowest BCUT2D eigenvalue weighted by Gasteiger charge is -2.38. The highest BCUT2D eigenvalue weighted by molar-refractivity contribution is 5.78. The van der Waals surface area contributed by atoms with Crippen LogP contribution < -0.4 is 0 Å². The predicted molar refractivity (Wildman–Crippen MR) is 92.5 cm³/mol. The molecule has 3 rings (SSSR count). The van der Waals surface area contributed by atoms with E-state index in [1.165, 1.54) is 5.56 Å². The highest BCUT2D eigenvalue weighted by Gasteiger charge is 2.27. The molecule has 6 heteroatoms. The predicted octanol–water partition coefficient (Wildman–Crippen LogP) is 0.835. The number of hydrogen-bond donors (Lipinski definition) is 0. The Morgan fingerprint density at radius 3 is 2.29 bits per heavy atom. The number of aromatic nitrogens is 1. The number of rotatable bonds is 4. The van der Waals surface area contributed by atoms with Crippen LogP contribution in [-0.2, 0) is 16.1 Å². The average molecular weight is 332 g/mol. The number of pyridine rings is 1. The molecule has 1 amide bonds. The molecule has 0 aromatic carbocycles. The minimum Gasteiger partial charge on any atom is -0.372 e. The smallest absolute Gasteiger partial charge is 0.236 e. The maximum absolute atomic E-state index is 12.5. The van der Waals surface area contributed by atoms with Crippen LogP contribution in [0.2, 0.25) is 0 Å². The number of amides is 1. The van der Waals surface area contributed by atoms with E-state index in [0.717, 1.165) is 32.7 Å². The Balaban J connectivity index is 1.42. The number of ether oxygens (including phenoxy) is 1. The van der Waals surface area contributed by atoms with Crippen LogP contribution >= 0.6 is 0 Å². The molecule has 0 bridgehead atoms. The van der Waals surface area contributed by atoms with Gasteiger partial charge in [-0.15, -0.1) is 0 Å². The summed E-state index contributed by atoms with van der Waals surface area (Å²) in [5, 5.41) is 0. The Kier molecular flexibility index (Phi) is 5.81. The van der Waals surface area contributed by atoms with Crippen LogP contribution in [0.15, 0.2) is 24.5 Å². The van der Waals surface area contributed by atoms with Crippen molar-refractivity contribution in [3.63, 3.8) is 0 Å². The van der Waals surface area contributed by atoms with Gasteiger partial charge in [0.05, 0.1) is 18.8 Å². The zero-order valence-electron chi connectivity index (χ0n) is 14.7. The van der Waals surface area contributed by atoms with Gasteiger partial charge in [-0.2, -0.15) is 0 Å². The van der Waals surface area contributed by atoms with Crippen molar-refractivity contribution in [1.82, 2.24) is 19.7 Å². The van der Waals surface area contributed by atoms with Crippen molar-refractivity contribution < 1.29 is 9.53 Å². The lowest BCUT2D eigenvalue weighted by Crippen LogP contribution is -2.53. The van der Waals surface area contributed by atoms with Gasteiger partial charge in [-0.25, -0.2) is 0 Å². The molecule has 0 saturated carbocycles. The van der Waals surface area contributed by atoms with Crippen molar-refractivity contribution in [2.75, 3.05) is 45.8 Å². The molecule has 3 heterocycles. The molecular weight excluding hydrogens is 304 g/mol.